The molecule has 160 valence electrons. The molecule has 0 radical (unpaired) electrons. The summed E-state index contributed by atoms with van der Waals surface area (Å²) in [5.41, 5.74) is 3.93. The summed E-state index contributed by atoms with van der Waals surface area (Å²) >= 11 is 0. The number of nitrogens with one attached hydrogen (secondary N) is 2. The minimum Gasteiger partial charge on any atom is -0.375 e. The second kappa shape index (κ2) is 8.45. The van der Waals surface area contributed by atoms with Gasteiger partial charge in [-0.05, 0) is 61.2 Å². The van der Waals surface area contributed by atoms with Crippen LogP contribution in [0.5, 0.6) is 0 Å². The number of methoxy groups -OCH3 is 1. The van der Waals surface area contributed by atoms with E-state index in [0.717, 1.165) is 5.56 Å². The van der Waals surface area contributed by atoms with E-state index in [2.05, 4.69) is 10.0 Å². The number of hydrogen-bond acceptors (Lipinski definition) is 5. The first kappa shape index (κ1) is 21.8. The lowest BCUT2D eigenvalue weighted by molar-refractivity contribution is -0.122. The van der Waals surface area contributed by atoms with Crippen molar-refractivity contribution in [3.05, 3.63) is 47.0 Å². The first-order valence-electron chi connectivity index (χ1n) is 9.46. The Bertz CT molecular complexity index is 1090. The third-order valence-corrected chi connectivity index (χ3v) is 6.28. The molecule has 0 fully saturated rings. The molecule has 0 atom stereocenters. The molecule has 1 aliphatic rings. The molecule has 0 aliphatic carbocycles. The minimum absolute atomic E-state index is 0.0331. The van der Waals surface area contributed by atoms with Gasteiger partial charge in [-0.2, -0.15) is 0 Å². The predicted octanol–water partition coefficient (Wildman–Crippen LogP) is 2.60. The van der Waals surface area contributed by atoms with E-state index in [0.29, 0.717) is 41.2 Å². The Hall–Kier alpha value is -2.91. The molecule has 0 unspecified atom stereocenters. The lowest BCUT2D eigenvalue weighted by Crippen LogP contribution is -2.32. The van der Waals surface area contributed by atoms with Crippen molar-refractivity contribution in [2.45, 2.75) is 32.1 Å². The van der Waals surface area contributed by atoms with Gasteiger partial charge in [-0.15, -0.1) is 0 Å². The van der Waals surface area contributed by atoms with E-state index in [1.807, 2.05) is 6.07 Å². The van der Waals surface area contributed by atoms with Crippen LogP contribution in [0.4, 0.5) is 17.1 Å². The third kappa shape index (κ3) is 4.47. The number of hydrogen-bond donors (Lipinski definition) is 2. The number of carbonyl (C=O) groups is 2. The topological polar surface area (TPSA) is 105 Å². The number of nitrogens with zero attached hydrogens (tertiary/aromatic N) is 1. The first-order valence-corrected chi connectivity index (χ1v) is 10.9. The van der Waals surface area contributed by atoms with Crippen molar-refractivity contribution in [2.75, 3.05) is 35.2 Å². The van der Waals surface area contributed by atoms with Gasteiger partial charge < -0.3 is 15.0 Å². The molecule has 3 rings (SSSR count). The predicted molar refractivity (Wildman–Crippen MR) is 115 cm³/mol. The van der Waals surface area contributed by atoms with Crippen molar-refractivity contribution in [3.63, 3.8) is 0 Å². The number of benzene rings is 2. The van der Waals surface area contributed by atoms with Gasteiger partial charge in [-0.1, -0.05) is 6.07 Å². The van der Waals surface area contributed by atoms with Crippen molar-refractivity contribution in [2.24, 2.45) is 0 Å². The maximum atomic E-state index is 13.0. The van der Waals surface area contributed by atoms with E-state index in [1.165, 1.54) is 26.2 Å². The Morgan fingerprint density at radius 3 is 2.40 bits per heavy atom. The maximum absolute atomic E-state index is 13.0. The average molecular weight is 432 g/mol. The van der Waals surface area contributed by atoms with Crippen LogP contribution >= 0.6 is 0 Å². The van der Waals surface area contributed by atoms with Crippen molar-refractivity contribution in [3.8, 4) is 0 Å². The van der Waals surface area contributed by atoms with Crippen LogP contribution in [-0.4, -0.2) is 40.5 Å². The summed E-state index contributed by atoms with van der Waals surface area (Å²) < 4.78 is 33.4. The summed E-state index contributed by atoms with van der Waals surface area (Å²) in [6.07, 6.45) is 0.709. The van der Waals surface area contributed by atoms with Crippen LogP contribution in [-0.2, 0) is 30.8 Å². The summed E-state index contributed by atoms with van der Waals surface area (Å²) in [6.45, 7) is 5.39. The fraction of sp³-hybridized carbons (Fsp3) is 0.333. The second-order valence-electron chi connectivity index (χ2n) is 7.29. The second-order valence-corrected chi connectivity index (χ2v) is 8.97. The zero-order chi connectivity index (χ0) is 22.1. The number of ether oxygens (including phenoxy) is 1. The molecule has 2 aromatic carbocycles. The normalized spacial score (nSPS) is 13.1. The van der Waals surface area contributed by atoms with E-state index < -0.39 is 10.0 Å². The van der Waals surface area contributed by atoms with Crippen molar-refractivity contribution >= 4 is 38.9 Å². The Kier molecular flexibility index (Phi) is 6.14. The smallest absolute Gasteiger partial charge is 0.261 e. The molecule has 1 heterocycles. The van der Waals surface area contributed by atoms with Crippen LogP contribution in [0.3, 0.4) is 0 Å². The van der Waals surface area contributed by atoms with Crippen molar-refractivity contribution in [1.29, 1.82) is 0 Å². The Morgan fingerprint density at radius 1 is 1.13 bits per heavy atom. The Labute approximate surface area is 176 Å². The van der Waals surface area contributed by atoms with E-state index in [-0.39, 0.29) is 23.3 Å². The number of carbonyl (C=O) groups excluding carboxylic acids is 2. The number of sulfonamides is 1. The van der Waals surface area contributed by atoms with E-state index in [9.17, 15) is 18.0 Å². The van der Waals surface area contributed by atoms with E-state index >= 15 is 0 Å². The summed E-state index contributed by atoms with van der Waals surface area (Å²) in [5, 5.41) is 2.72. The van der Waals surface area contributed by atoms with Gasteiger partial charge in [0.1, 0.15) is 6.61 Å². The molecule has 0 saturated heterocycles. The SMILES string of the molecule is COCC(=O)N1CCc2ccc(NS(=O)(=O)c3cc(C)c(NC(C)=O)c(C)c3)cc21. The van der Waals surface area contributed by atoms with Crippen LogP contribution in [0, 0.1) is 13.8 Å². The molecule has 0 spiro atoms. The monoisotopic (exact) mass is 431 g/mol. The first-order chi connectivity index (χ1) is 14.1. The highest BCUT2D eigenvalue weighted by Gasteiger charge is 2.25. The van der Waals surface area contributed by atoms with Crippen LogP contribution < -0.4 is 14.9 Å². The fourth-order valence-electron chi connectivity index (χ4n) is 3.57. The zero-order valence-electron chi connectivity index (χ0n) is 17.4. The van der Waals surface area contributed by atoms with Gasteiger partial charge in [0.05, 0.1) is 10.6 Å². The zero-order valence-corrected chi connectivity index (χ0v) is 18.2. The van der Waals surface area contributed by atoms with Gasteiger partial charge >= 0.3 is 0 Å². The highest BCUT2D eigenvalue weighted by Crippen LogP contribution is 2.32. The standard InChI is InChI=1S/C21H25N3O5S/c1-13-9-18(10-14(2)21(13)22-15(3)25)30(27,28)23-17-6-5-16-7-8-24(19(16)11-17)20(26)12-29-4/h5-6,9-11,23H,7-8,12H2,1-4H3,(H,22,25). The van der Waals surface area contributed by atoms with Gasteiger partial charge in [0.15, 0.2) is 0 Å². The molecule has 30 heavy (non-hydrogen) atoms. The van der Waals surface area contributed by atoms with Gasteiger partial charge in [0, 0.05) is 32.0 Å². The van der Waals surface area contributed by atoms with E-state index in [1.54, 1.807) is 30.9 Å². The fourth-order valence-corrected chi connectivity index (χ4v) is 4.79. The number of anilines is 3. The molecular weight excluding hydrogens is 406 g/mol. The summed E-state index contributed by atoms with van der Waals surface area (Å²) in [5.74, 6) is -0.392. The molecule has 2 amide bonds. The number of aryl methyl sites for hydroxylation is 2. The van der Waals surface area contributed by atoms with Gasteiger partial charge in [0.25, 0.3) is 15.9 Å². The van der Waals surface area contributed by atoms with Gasteiger partial charge in [-0.25, -0.2) is 8.42 Å². The maximum Gasteiger partial charge on any atom is 0.261 e. The molecular formula is C21H25N3O5S. The lowest BCUT2D eigenvalue weighted by Gasteiger charge is -2.18. The highest BCUT2D eigenvalue weighted by atomic mass is 32.2. The van der Waals surface area contributed by atoms with Crippen molar-refractivity contribution in [1.82, 2.24) is 0 Å². The van der Waals surface area contributed by atoms with Crippen LogP contribution in [0.15, 0.2) is 35.2 Å². The molecule has 0 saturated carbocycles. The minimum atomic E-state index is -3.86. The molecule has 2 aromatic rings. The number of amides is 2. The molecule has 0 aromatic heterocycles. The molecule has 8 nitrogen and oxygen atoms in total. The molecule has 9 heteroatoms. The summed E-state index contributed by atoms with van der Waals surface area (Å²) in [4.78, 5) is 25.3. The highest BCUT2D eigenvalue weighted by molar-refractivity contribution is 7.92. The van der Waals surface area contributed by atoms with Crippen LogP contribution in [0.1, 0.15) is 23.6 Å². The molecule has 1 aliphatic heterocycles. The third-order valence-electron chi connectivity index (χ3n) is 4.92. The van der Waals surface area contributed by atoms with Crippen molar-refractivity contribution < 1.29 is 22.7 Å². The number of rotatable bonds is 6. The molecule has 2 N–H and O–H groups in total. The van der Waals surface area contributed by atoms with Crippen LogP contribution in [0.25, 0.3) is 0 Å². The largest absolute Gasteiger partial charge is 0.375 e. The summed E-state index contributed by atoms with van der Waals surface area (Å²) in [6, 6.07) is 8.21. The summed E-state index contributed by atoms with van der Waals surface area (Å²) in [7, 11) is -2.40. The van der Waals surface area contributed by atoms with E-state index in [4.69, 9.17) is 4.74 Å². The van der Waals surface area contributed by atoms with Gasteiger partial charge in [0.2, 0.25) is 5.91 Å². The van der Waals surface area contributed by atoms with Crippen LogP contribution in [0.2, 0.25) is 0 Å². The Morgan fingerprint density at radius 2 is 1.80 bits per heavy atom. The Balaban J connectivity index is 1.89. The molecule has 0 bridgehead atoms. The number of fused-ring (bicyclic) bond motifs is 1. The van der Waals surface area contributed by atoms with Gasteiger partial charge in [-0.3, -0.25) is 14.3 Å². The lowest BCUT2D eigenvalue weighted by atomic mass is 10.1. The quantitative estimate of drug-likeness (QED) is 0.732. The average Bonchev–Trinajstić information content (AvgIpc) is 3.07.